The molecule has 76 valence electrons. The molecule has 0 aromatic carbocycles. The fourth-order valence-corrected chi connectivity index (χ4v) is 1.02. The molecule has 0 aliphatic heterocycles. The van der Waals surface area contributed by atoms with Crippen LogP contribution in [-0.2, 0) is 0 Å². The number of rotatable bonds is 4. The van der Waals surface area contributed by atoms with Gasteiger partial charge in [-0.05, 0) is 32.4 Å². The Morgan fingerprint density at radius 1 is 1.38 bits per heavy atom. The molecule has 2 nitrogen and oxygen atoms in total. The van der Waals surface area contributed by atoms with Gasteiger partial charge in [0, 0.05) is 6.04 Å². The van der Waals surface area contributed by atoms with Crippen LogP contribution >= 0.6 is 0 Å². The van der Waals surface area contributed by atoms with Crippen LogP contribution in [-0.4, -0.2) is 24.5 Å². The molecule has 0 N–H and O–H groups in total. The molecule has 2 heteroatoms. The Morgan fingerprint density at radius 2 is 1.92 bits per heavy atom. The molecule has 0 aromatic rings. The molecule has 13 heavy (non-hydrogen) atoms. The number of hydrogen-bond donors (Lipinski definition) is 0. The molecule has 0 heterocycles. The summed E-state index contributed by atoms with van der Waals surface area (Å²) < 4.78 is 0. The van der Waals surface area contributed by atoms with Gasteiger partial charge in [0.05, 0.1) is 12.5 Å². The minimum absolute atomic E-state index is 0.382. The summed E-state index contributed by atoms with van der Waals surface area (Å²) in [5.41, 5.74) is 0.390. The third-order valence-electron chi connectivity index (χ3n) is 2.35. The first kappa shape index (κ1) is 12.4. The number of nitrogens with zero attached hydrogens (tertiary/aromatic N) is 2. The number of nitriles is 1. The van der Waals surface area contributed by atoms with E-state index in [-0.39, 0.29) is 0 Å². The van der Waals surface area contributed by atoms with Gasteiger partial charge in [0.2, 0.25) is 0 Å². The normalized spacial score (nSPS) is 14.2. The Hall–Kier alpha value is -0.550. The van der Waals surface area contributed by atoms with Crippen molar-refractivity contribution in [3.63, 3.8) is 0 Å². The van der Waals surface area contributed by atoms with E-state index in [2.05, 4.69) is 45.7 Å². The smallest absolute Gasteiger partial charge is 0.0638 e. The molecular formula is C11H22N2. The highest BCUT2D eigenvalue weighted by Crippen LogP contribution is 2.19. The van der Waals surface area contributed by atoms with Crippen molar-refractivity contribution in [2.45, 2.75) is 46.6 Å². The fourth-order valence-electron chi connectivity index (χ4n) is 1.02. The molecule has 1 atom stereocenters. The van der Waals surface area contributed by atoms with Gasteiger partial charge >= 0.3 is 0 Å². The molecule has 0 aliphatic carbocycles. The molecule has 1 unspecified atom stereocenters. The fraction of sp³-hybridized carbons (Fsp3) is 0.909. The van der Waals surface area contributed by atoms with E-state index in [1.54, 1.807) is 0 Å². The van der Waals surface area contributed by atoms with Crippen LogP contribution in [0.1, 0.15) is 40.5 Å². The summed E-state index contributed by atoms with van der Waals surface area (Å²) in [5, 5.41) is 8.54. The van der Waals surface area contributed by atoms with Gasteiger partial charge in [-0.15, -0.1) is 0 Å². The maximum atomic E-state index is 8.54. The summed E-state index contributed by atoms with van der Waals surface area (Å²) in [6.07, 6.45) is 1.81. The van der Waals surface area contributed by atoms with Crippen LogP contribution in [0.4, 0.5) is 0 Å². The molecule has 0 radical (unpaired) electrons. The molecule has 0 fully saturated rings. The Kier molecular flexibility index (Phi) is 5.02. The first-order chi connectivity index (χ1) is 5.87. The van der Waals surface area contributed by atoms with Crippen LogP contribution in [0.15, 0.2) is 0 Å². The van der Waals surface area contributed by atoms with E-state index in [9.17, 15) is 0 Å². The van der Waals surface area contributed by atoms with Gasteiger partial charge in [0.15, 0.2) is 0 Å². The van der Waals surface area contributed by atoms with Crippen LogP contribution < -0.4 is 0 Å². The number of hydrogen-bond acceptors (Lipinski definition) is 2. The average molecular weight is 182 g/mol. The van der Waals surface area contributed by atoms with Gasteiger partial charge in [-0.1, -0.05) is 20.8 Å². The van der Waals surface area contributed by atoms with Crippen molar-refractivity contribution in [1.82, 2.24) is 4.90 Å². The lowest BCUT2D eigenvalue weighted by Gasteiger charge is -2.26. The highest BCUT2D eigenvalue weighted by atomic mass is 15.1. The van der Waals surface area contributed by atoms with Gasteiger partial charge in [-0.3, -0.25) is 0 Å². The first-order valence-corrected chi connectivity index (χ1v) is 4.94. The maximum absolute atomic E-state index is 8.54. The van der Waals surface area contributed by atoms with E-state index in [0.29, 0.717) is 17.9 Å². The van der Waals surface area contributed by atoms with Crippen molar-refractivity contribution < 1.29 is 0 Å². The van der Waals surface area contributed by atoms with Crippen molar-refractivity contribution in [1.29, 1.82) is 5.26 Å². The zero-order valence-corrected chi connectivity index (χ0v) is 9.59. The van der Waals surface area contributed by atoms with Crippen molar-refractivity contribution in [3.05, 3.63) is 0 Å². The molecule has 0 aliphatic rings. The van der Waals surface area contributed by atoms with Crippen LogP contribution in [0.25, 0.3) is 0 Å². The third kappa shape index (κ3) is 6.60. The molecule has 0 amide bonds. The maximum Gasteiger partial charge on any atom is 0.0638 e. The minimum atomic E-state index is 0.382. The molecule has 0 saturated carbocycles. The lowest BCUT2D eigenvalue weighted by Crippen LogP contribution is -2.31. The van der Waals surface area contributed by atoms with E-state index < -0.39 is 0 Å². The summed E-state index contributed by atoms with van der Waals surface area (Å²) in [5.74, 6) is 0. The van der Waals surface area contributed by atoms with E-state index in [4.69, 9.17) is 5.26 Å². The summed E-state index contributed by atoms with van der Waals surface area (Å²) in [6, 6.07) is 2.59. The standard InChI is InChI=1S/C11H22N2/c1-10(6-8-12)13(5)9-7-11(2,3)4/h10H,6-7,9H2,1-5H3. The van der Waals surface area contributed by atoms with Crippen LogP contribution in [0.3, 0.4) is 0 Å². The highest BCUT2D eigenvalue weighted by Gasteiger charge is 2.14. The predicted molar refractivity (Wildman–Crippen MR) is 56.4 cm³/mol. The van der Waals surface area contributed by atoms with Gasteiger partial charge < -0.3 is 4.90 Å². The van der Waals surface area contributed by atoms with E-state index >= 15 is 0 Å². The lowest BCUT2D eigenvalue weighted by atomic mass is 9.92. The molecule has 0 spiro atoms. The SMILES string of the molecule is CC(CC#N)N(C)CCC(C)(C)C. The van der Waals surface area contributed by atoms with Crippen molar-refractivity contribution in [2.75, 3.05) is 13.6 Å². The van der Waals surface area contributed by atoms with Gasteiger partial charge in [-0.2, -0.15) is 5.26 Å². The third-order valence-corrected chi connectivity index (χ3v) is 2.35. The second kappa shape index (κ2) is 5.24. The Morgan fingerprint density at radius 3 is 2.31 bits per heavy atom. The average Bonchev–Trinajstić information content (AvgIpc) is 1.99. The van der Waals surface area contributed by atoms with Crippen molar-refractivity contribution in [3.8, 4) is 6.07 Å². The summed E-state index contributed by atoms with van der Waals surface area (Å²) in [4.78, 5) is 2.26. The predicted octanol–water partition coefficient (Wildman–Crippen LogP) is 2.66. The van der Waals surface area contributed by atoms with E-state index in [0.717, 1.165) is 6.54 Å². The second-order valence-corrected chi connectivity index (χ2v) is 5.00. The van der Waals surface area contributed by atoms with Crippen molar-refractivity contribution >= 4 is 0 Å². The quantitative estimate of drug-likeness (QED) is 0.668. The Bertz CT molecular complexity index is 174. The van der Waals surface area contributed by atoms with Crippen LogP contribution in [0.2, 0.25) is 0 Å². The van der Waals surface area contributed by atoms with Gasteiger partial charge in [0.25, 0.3) is 0 Å². The molecular weight excluding hydrogens is 160 g/mol. The Balaban J connectivity index is 3.75. The zero-order chi connectivity index (χ0) is 10.5. The molecule has 0 aromatic heterocycles. The summed E-state index contributed by atoms with van der Waals surface area (Å²) >= 11 is 0. The zero-order valence-electron chi connectivity index (χ0n) is 9.59. The van der Waals surface area contributed by atoms with Gasteiger partial charge in [-0.25, -0.2) is 0 Å². The monoisotopic (exact) mass is 182 g/mol. The molecule has 0 saturated heterocycles. The minimum Gasteiger partial charge on any atom is -0.303 e. The van der Waals surface area contributed by atoms with Crippen LogP contribution in [0.5, 0.6) is 0 Å². The van der Waals surface area contributed by atoms with Crippen molar-refractivity contribution in [2.24, 2.45) is 5.41 Å². The van der Waals surface area contributed by atoms with Crippen LogP contribution in [0, 0.1) is 16.7 Å². The van der Waals surface area contributed by atoms with Gasteiger partial charge in [0.1, 0.15) is 0 Å². The summed E-state index contributed by atoms with van der Waals surface area (Å²) in [7, 11) is 2.09. The highest BCUT2D eigenvalue weighted by molar-refractivity contribution is 4.78. The molecule has 0 rings (SSSR count). The Labute approximate surface area is 82.5 Å². The summed E-state index contributed by atoms with van der Waals surface area (Å²) in [6.45, 7) is 9.92. The largest absolute Gasteiger partial charge is 0.303 e. The second-order valence-electron chi connectivity index (χ2n) is 5.00. The van der Waals surface area contributed by atoms with E-state index in [1.165, 1.54) is 6.42 Å². The lowest BCUT2D eigenvalue weighted by molar-refractivity contribution is 0.218. The first-order valence-electron chi connectivity index (χ1n) is 4.94. The van der Waals surface area contributed by atoms with E-state index in [1.807, 2.05) is 0 Å². The topological polar surface area (TPSA) is 27.0 Å². The molecule has 0 bridgehead atoms.